The molecule has 1 unspecified atom stereocenters. The van der Waals surface area contributed by atoms with Gasteiger partial charge in [-0.05, 0) is 59.5 Å². The zero-order valence-corrected chi connectivity index (χ0v) is 26.6. The first-order valence-electron chi connectivity index (χ1n) is 14.3. The van der Waals surface area contributed by atoms with Crippen molar-refractivity contribution in [2.75, 3.05) is 20.0 Å². The zero-order valence-electron chi connectivity index (χ0n) is 24.9. The standard InChI is InChI=1S/C33H29FN6O4S2/c1-43-24-8-5-7-22(17-24)32(42)35-19-30-36-37-33(39(30)26-9-3-4-10-28(26)44-2)46-20-31(41)40-27(21-12-14-23(34)15-13-21)18-25(38-40)29-11-6-16-45-29/h3-17,27H,18-20H2,1-2H3,(H,35,42). The molecule has 0 radical (unpaired) electrons. The zero-order chi connectivity index (χ0) is 32.0. The average Bonchev–Trinajstić information content (AvgIpc) is 3.87. The fourth-order valence-electron chi connectivity index (χ4n) is 5.06. The number of hydrogen-bond acceptors (Lipinski definition) is 9. The fourth-order valence-corrected chi connectivity index (χ4v) is 6.60. The number of benzene rings is 3. The Kier molecular flexibility index (Phi) is 9.41. The first kappa shape index (κ1) is 31.0. The monoisotopic (exact) mass is 656 g/mol. The highest BCUT2D eigenvalue weighted by Gasteiger charge is 2.34. The van der Waals surface area contributed by atoms with Crippen LogP contribution in [0, 0.1) is 5.82 Å². The van der Waals surface area contributed by atoms with E-state index < -0.39 is 0 Å². The highest BCUT2D eigenvalue weighted by Crippen LogP contribution is 2.35. The van der Waals surface area contributed by atoms with Crippen LogP contribution in [0.3, 0.4) is 0 Å². The predicted molar refractivity (Wildman–Crippen MR) is 174 cm³/mol. The van der Waals surface area contributed by atoms with Gasteiger partial charge in [-0.3, -0.25) is 14.2 Å². The molecule has 0 aliphatic carbocycles. The fraction of sp³-hybridized carbons (Fsp3) is 0.182. The van der Waals surface area contributed by atoms with Crippen molar-refractivity contribution in [2.45, 2.75) is 24.2 Å². The van der Waals surface area contributed by atoms with Gasteiger partial charge >= 0.3 is 0 Å². The van der Waals surface area contributed by atoms with Crippen molar-refractivity contribution in [3.63, 3.8) is 0 Å². The summed E-state index contributed by atoms with van der Waals surface area (Å²) in [7, 11) is 3.11. The van der Waals surface area contributed by atoms with Crippen LogP contribution in [0.4, 0.5) is 4.39 Å². The summed E-state index contributed by atoms with van der Waals surface area (Å²) in [4.78, 5) is 27.7. The predicted octanol–water partition coefficient (Wildman–Crippen LogP) is 5.89. The molecule has 46 heavy (non-hydrogen) atoms. The lowest BCUT2D eigenvalue weighted by molar-refractivity contribution is -0.130. The van der Waals surface area contributed by atoms with Crippen LogP contribution in [0.15, 0.2) is 101 Å². The number of methoxy groups -OCH3 is 2. The smallest absolute Gasteiger partial charge is 0.253 e. The Morgan fingerprint density at radius 1 is 1.00 bits per heavy atom. The van der Waals surface area contributed by atoms with Crippen LogP contribution in [0.5, 0.6) is 11.5 Å². The van der Waals surface area contributed by atoms with Gasteiger partial charge in [-0.25, -0.2) is 9.40 Å². The summed E-state index contributed by atoms with van der Waals surface area (Å²) in [6.45, 7) is 0.0584. The number of ether oxygens (including phenoxy) is 2. The number of hydrazone groups is 1. The van der Waals surface area contributed by atoms with Crippen molar-refractivity contribution in [1.29, 1.82) is 0 Å². The maximum atomic E-state index is 13.8. The minimum Gasteiger partial charge on any atom is -0.497 e. The van der Waals surface area contributed by atoms with Crippen LogP contribution in [-0.2, 0) is 11.3 Å². The number of nitrogens with one attached hydrogen (secondary N) is 1. The van der Waals surface area contributed by atoms with Gasteiger partial charge in [0.1, 0.15) is 17.3 Å². The molecule has 13 heteroatoms. The van der Waals surface area contributed by atoms with Crippen molar-refractivity contribution in [1.82, 2.24) is 25.1 Å². The second kappa shape index (κ2) is 14.0. The summed E-state index contributed by atoms with van der Waals surface area (Å²) in [5.41, 5.74) is 2.68. The van der Waals surface area contributed by atoms with E-state index in [1.54, 1.807) is 66.5 Å². The normalized spacial score (nSPS) is 14.2. The van der Waals surface area contributed by atoms with Gasteiger partial charge in [0.2, 0.25) is 0 Å². The number of halogens is 1. The molecule has 0 saturated heterocycles. The third kappa shape index (κ3) is 6.65. The van der Waals surface area contributed by atoms with Crippen molar-refractivity contribution >= 4 is 40.6 Å². The third-order valence-corrected chi connectivity index (χ3v) is 9.15. The van der Waals surface area contributed by atoms with Gasteiger partial charge in [0.25, 0.3) is 11.8 Å². The Labute approximate surface area is 272 Å². The van der Waals surface area contributed by atoms with E-state index in [0.717, 1.165) is 16.2 Å². The Morgan fingerprint density at radius 3 is 2.59 bits per heavy atom. The molecule has 10 nitrogen and oxygen atoms in total. The van der Waals surface area contributed by atoms with Crippen LogP contribution < -0.4 is 14.8 Å². The van der Waals surface area contributed by atoms with Crippen LogP contribution >= 0.6 is 23.1 Å². The number of nitrogens with zero attached hydrogens (tertiary/aromatic N) is 5. The SMILES string of the molecule is COc1cccc(C(=O)NCc2nnc(SCC(=O)N3N=C(c4cccs4)CC3c3ccc(F)cc3)n2-c2ccccc2OC)c1. The number of carbonyl (C=O) groups excluding carboxylic acids is 2. The molecule has 0 bridgehead atoms. The van der Waals surface area contributed by atoms with Gasteiger partial charge in [-0.2, -0.15) is 5.10 Å². The van der Waals surface area contributed by atoms with Gasteiger partial charge in [0.05, 0.1) is 48.8 Å². The number of amides is 2. The molecule has 1 N–H and O–H groups in total. The molecule has 0 fully saturated rings. The summed E-state index contributed by atoms with van der Waals surface area (Å²) in [6, 6.07) is 23.9. The summed E-state index contributed by atoms with van der Waals surface area (Å²) in [5.74, 6) is 0.686. The molecule has 0 spiro atoms. The number of thioether (sulfide) groups is 1. The van der Waals surface area contributed by atoms with E-state index in [4.69, 9.17) is 14.6 Å². The van der Waals surface area contributed by atoms with Crippen LogP contribution in [-0.4, -0.2) is 57.3 Å². The van der Waals surface area contributed by atoms with Gasteiger partial charge < -0.3 is 14.8 Å². The van der Waals surface area contributed by atoms with E-state index >= 15 is 0 Å². The van der Waals surface area contributed by atoms with Crippen molar-refractivity contribution in [3.05, 3.63) is 118 Å². The van der Waals surface area contributed by atoms with E-state index in [0.29, 0.717) is 40.2 Å². The Hall–Kier alpha value is -5.01. The molecular formula is C33H29FN6O4S2. The quantitative estimate of drug-likeness (QED) is 0.177. The minimum atomic E-state index is -0.375. The molecule has 234 valence electrons. The summed E-state index contributed by atoms with van der Waals surface area (Å²) < 4.78 is 26.4. The van der Waals surface area contributed by atoms with E-state index in [1.165, 1.54) is 28.9 Å². The van der Waals surface area contributed by atoms with E-state index in [9.17, 15) is 14.0 Å². The first-order valence-corrected chi connectivity index (χ1v) is 16.1. The van der Waals surface area contributed by atoms with Crippen molar-refractivity contribution < 1.29 is 23.5 Å². The van der Waals surface area contributed by atoms with E-state index in [-0.39, 0.29) is 36.0 Å². The largest absolute Gasteiger partial charge is 0.497 e. The summed E-state index contributed by atoms with van der Waals surface area (Å²) in [6.07, 6.45) is 0.511. The Bertz CT molecular complexity index is 1880. The van der Waals surface area contributed by atoms with Gasteiger partial charge in [0.15, 0.2) is 11.0 Å². The maximum absolute atomic E-state index is 13.8. The maximum Gasteiger partial charge on any atom is 0.253 e. The lowest BCUT2D eigenvalue weighted by Gasteiger charge is -2.22. The third-order valence-electron chi connectivity index (χ3n) is 7.32. The number of para-hydroxylation sites is 2. The Morgan fingerprint density at radius 2 is 1.83 bits per heavy atom. The highest BCUT2D eigenvalue weighted by molar-refractivity contribution is 7.99. The number of thiophene rings is 1. The van der Waals surface area contributed by atoms with E-state index in [1.807, 2.05) is 41.8 Å². The first-order chi connectivity index (χ1) is 22.4. The average molecular weight is 657 g/mol. The molecule has 5 aromatic rings. The molecule has 0 saturated carbocycles. The molecule has 2 amide bonds. The summed E-state index contributed by atoms with van der Waals surface area (Å²) in [5, 5.41) is 20.2. The lowest BCUT2D eigenvalue weighted by atomic mass is 10.0. The second-order valence-electron chi connectivity index (χ2n) is 10.1. The van der Waals surface area contributed by atoms with Crippen molar-refractivity contribution in [2.24, 2.45) is 5.10 Å². The number of hydrogen-bond donors (Lipinski definition) is 1. The Balaban J connectivity index is 1.25. The molecule has 1 aliphatic rings. The number of carbonyl (C=O) groups is 2. The minimum absolute atomic E-state index is 0.00235. The molecule has 6 rings (SSSR count). The highest BCUT2D eigenvalue weighted by atomic mass is 32.2. The molecular weight excluding hydrogens is 628 g/mol. The van der Waals surface area contributed by atoms with Gasteiger partial charge in [-0.15, -0.1) is 21.5 Å². The number of aromatic nitrogens is 3. The van der Waals surface area contributed by atoms with Crippen molar-refractivity contribution in [3.8, 4) is 17.2 Å². The van der Waals surface area contributed by atoms with Gasteiger partial charge in [-0.1, -0.05) is 48.2 Å². The summed E-state index contributed by atoms with van der Waals surface area (Å²) >= 11 is 2.75. The lowest BCUT2D eigenvalue weighted by Crippen LogP contribution is -2.28. The topological polar surface area (TPSA) is 111 Å². The second-order valence-corrected chi connectivity index (χ2v) is 12.0. The van der Waals surface area contributed by atoms with Gasteiger partial charge in [0, 0.05) is 12.0 Å². The molecule has 1 aliphatic heterocycles. The van der Waals surface area contributed by atoms with E-state index in [2.05, 4.69) is 15.5 Å². The van der Waals surface area contributed by atoms with Crippen LogP contribution in [0.1, 0.15) is 39.1 Å². The van der Waals surface area contributed by atoms with Crippen LogP contribution in [0.2, 0.25) is 0 Å². The number of rotatable bonds is 11. The molecule has 1 atom stereocenters. The molecule has 2 aromatic heterocycles. The van der Waals surface area contributed by atoms with Crippen LogP contribution in [0.25, 0.3) is 5.69 Å². The molecule has 3 aromatic carbocycles. The molecule has 3 heterocycles.